The summed E-state index contributed by atoms with van der Waals surface area (Å²) >= 11 is 0. The van der Waals surface area contributed by atoms with Gasteiger partial charge < -0.3 is 5.32 Å². The van der Waals surface area contributed by atoms with Crippen molar-refractivity contribution in [2.24, 2.45) is 5.92 Å². The van der Waals surface area contributed by atoms with Crippen molar-refractivity contribution < 1.29 is 17.8 Å². The number of hydrogen-bond donors (Lipinski definition) is 1. The molecule has 1 aromatic heterocycles. The summed E-state index contributed by atoms with van der Waals surface area (Å²) in [6, 6.07) is 12.7. The summed E-state index contributed by atoms with van der Waals surface area (Å²) in [4.78, 5) is 12.7. The van der Waals surface area contributed by atoms with Gasteiger partial charge >= 0.3 is 0 Å². The number of nitrogens with zero attached hydrogens (tertiary/aromatic N) is 3. The van der Waals surface area contributed by atoms with E-state index >= 15 is 0 Å². The number of nitrogens with one attached hydrogen (secondary N) is 1. The van der Waals surface area contributed by atoms with E-state index in [2.05, 4.69) is 20.3 Å². The fourth-order valence-corrected chi connectivity index (χ4v) is 5.20. The average Bonchev–Trinajstić information content (AvgIpc) is 3.22. The number of rotatable bonds is 5. The Morgan fingerprint density at radius 1 is 1.21 bits per heavy atom. The molecule has 1 aliphatic rings. The van der Waals surface area contributed by atoms with Crippen LogP contribution in [-0.2, 0) is 21.4 Å². The summed E-state index contributed by atoms with van der Waals surface area (Å²) in [5.74, 6) is -0.523. The summed E-state index contributed by atoms with van der Waals surface area (Å²) in [6.45, 7) is 2.94. The molecule has 29 heavy (non-hydrogen) atoms. The number of hydrogen-bond acceptors (Lipinski definition) is 6. The SMILES string of the molecule is Cc1ccc(CNC(=O)[C@@H]2CCCN(S(=O)(=O)c3cccc4nonc34)C2)cc1. The van der Waals surface area contributed by atoms with Crippen LogP contribution in [0, 0.1) is 12.8 Å². The first-order valence-electron chi connectivity index (χ1n) is 9.50. The molecule has 1 saturated heterocycles. The number of piperidine rings is 1. The van der Waals surface area contributed by atoms with Gasteiger partial charge in [0.25, 0.3) is 0 Å². The Balaban J connectivity index is 1.46. The van der Waals surface area contributed by atoms with Gasteiger partial charge in [0.15, 0.2) is 5.52 Å². The Kier molecular flexibility index (Phi) is 5.33. The van der Waals surface area contributed by atoms with Gasteiger partial charge in [-0.25, -0.2) is 13.0 Å². The first-order valence-corrected chi connectivity index (χ1v) is 10.9. The van der Waals surface area contributed by atoms with Crippen LogP contribution in [0.3, 0.4) is 0 Å². The number of aryl methyl sites for hydroxylation is 1. The van der Waals surface area contributed by atoms with Crippen molar-refractivity contribution in [3.8, 4) is 0 Å². The van der Waals surface area contributed by atoms with Gasteiger partial charge in [0.1, 0.15) is 10.4 Å². The van der Waals surface area contributed by atoms with Crippen LogP contribution in [0.1, 0.15) is 24.0 Å². The maximum absolute atomic E-state index is 13.2. The monoisotopic (exact) mass is 414 g/mol. The molecular formula is C20H22N4O4S. The minimum absolute atomic E-state index is 0.0527. The second-order valence-corrected chi connectivity index (χ2v) is 9.20. The highest BCUT2D eigenvalue weighted by Gasteiger charge is 2.34. The minimum atomic E-state index is -3.81. The molecule has 0 unspecified atom stereocenters. The third kappa shape index (κ3) is 4.01. The van der Waals surface area contributed by atoms with Gasteiger partial charge in [-0.1, -0.05) is 35.9 Å². The summed E-state index contributed by atoms with van der Waals surface area (Å²) in [5.41, 5.74) is 2.76. The molecule has 2 heterocycles. The van der Waals surface area contributed by atoms with Gasteiger partial charge in [0.05, 0.1) is 5.92 Å². The molecular weight excluding hydrogens is 392 g/mol. The standard InChI is InChI=1S/C20H22N4O4S/c1-14-7-9-15(10-8-14)12-21-20(25)16-4-3-11-24(13-16)29(26,27)18-6-2-5-17-19(18)23-28-22-17/h2,5-10,16H,3-4,11-13H2,1H3,(H,21,25)/t16-/m1/s1. The van der Waals surface area contributed by atoms with E-state index < -0.39 is 15.9 Å². The molecule has 3 aromatic rings. The van der Waals surface area contributed by atoms with Crippen LogP contribution in [0.5, 0.6) is 0 Å². The van der Waals surface area contributed by atoms with Crippen molar-refractivity contribution in [2.75, 3.05) is 13.1 Å². The number of benzene rings is 2. The number of amides is 1. The predicted octanol–water partition coefficient (Wildman–Crippen LogP) is 2.25. The van der Waals surface area contributed by atoms with Crippen molar-refractivity contribution in [2.45, 2.75) is 31.2 Å². The van der Waals surface area contributed by atoms with E-state index in [1.165, 1.54) is 10.4 Å². The normalized spacial score (nSPS) is 18.0. The molecule has 0 bridgehead atoms. The molecule has 8 nitrogen and oxygen atoms in total. The number of fused-ring (bicyclic) bond motifs is 1. The molecule has 1 fully saturated rings. The molecule has 2 aromatic carbocycles. The number of sulfonamides is 1. The fourth-order valence-electron chi connectivity index (χ4n) is 3.54. The van der Waals surface area contributed by atoms with Crippen LogP contribution >= 0.6 is 0 Å². The van der Waals surface area contributed by atoms with Gasteiger partial charge in [-0.15, -0.1) is 0 Å². The molecule has 0 aliphatic carbocycles. The molecule has 1 N–H and O–H groups in total. The maximum Gasteiger partial charge on any atom is 0.245 e. The number of carbonyl (C=O) groups excluding carboxylic acids is 1. The zero-order valence-corrected chi connectivity index (χ0v) is 16.9. The molecule has 1 aliphatic heterocycles. The molecule has 1 atom stereocenters. The Labute approximate surface area is 168 Å². The Bertz CT molecular complexity index is 1120. The van der Waals surface area contributed by atoms with E-state index in [-0.39, 0.29) is 22.9 Å². The second kappa shape index (κ2) is 7.92. The summed E-state index contributed by atoms with van der Waals surface area (Å²) in [5, 5.41) is 10.4. The Morgan fingerprint density at radius 2 is 2.00 bits per heavy atom. The fraction of sp³-hybridized carbons (Fsp3) is 0.350. The van der Waals surface area contributed by atoms with Crippen molar-refractivity contribution in [1.29, 1.82) is 0 Å². The van der Waals surface area contributed by atoms with Crippen LogP contribution in [0.25, 0.3) is 11.0 Å². The van der Waals surface area contributed by atoms with Crippen molar-refractivity contribution in [3.05, 3.63) is 53.6 Å². The Hall–Kier alpha value is -2.78. The molecule has 0 spiro atoms. The van der Waals surface area contributed by atoms with Crippen LogP contribution in [-0.4, -0.2) is 42.0 Å². The molecule has 0 radical (unpaired) electrons. The number of aromatic nitrogens is 2. The largest absolute Gasteiger partial charge is 0.352 e. The second-order valence-electron chi connectivity index (χ2n) is 7.29. The van der Waals surface area contributed by atoms with Gasteiger partial charge in [-0.2, -0.15) is 4.31 Å². The van der Waals surface area contributed by atoms with E-state index in [1.54, 1.807) is 12.1 Å². The first-order chi connectivity index (χ1) is 13.9. The lowest BCUT2D eigenvalue weighted by Gasteiger charge is -2.31. The van der Waals surface area contributed by atoms with Crippen LogP contribution in [0.4, 0.5) is 0 Å². The third-order valence-corrected chi connectivity index (χ3v) is 7.11. The summed E-state index contributed by atoms with van der Waals surface area (Å²) in [6.07, 6.45) is 1.27. The van der Waals surface area contributed by atoms with Gasteiger partial charge in [-0.05, 0) is 47.8 Å². The molecule has 0 saturated carbocycles. The van der Waals surface area contributed by atoms with Crippen LogP contribution < -0.4 is 5.32 Å². The predicted molar refractivity (Wildman–Crippen MR) is 106 cm³/mol. The highest BCUT2D eigenvalue weighted by molar-refractivity contribution is 7.89. The molecule has 9 heteroatoms. The van der Waals surface area contributed by atoms with Crippen molar-refractivity contribution >= 4 is 27.0 Å². The van der Waals surface area contributed by atoms with E-state index in [0.29, 0.717) is 31.4 Å². The highest BCUT2D eigenvalue weighted by Crippen LogP contribution is 2.27. The number of carbonyl (C=O) groups is 1. The highest BCUT2D eigenvalue weighted by atomic mass is 32.2. The average molecular weight is 414 g/mol. The van der Waals surface area contributed by atoms with E-state index in [1.807, 2.05) is 31.2 Å². The maximum atomic E-state index is 13.2. The topological polar surface area (TPSA) is 105 Å². The summed E-state index contributed by atoms with van der Waals surface area (Å²) in [7, 11) is -3.81. The zero-order chi connectivity index (χ0) is 20.4. The van der Waals surface area contributed by atoms with E-state index in [4.69, 9.17) is 0 Å². The third-order valence-electron chi connectivity index (χ3n) is 5.21. The lowest BCUT2D eigenvalue weighted by atomic mass is 9.98. The van der Waals surface area contributed by atoms with Crippen molar-refractivity contribution in [3.63, 3.8) is 0 Å². The van der Waals surface area contributed by atoms with E-state index in [0.717, 1.165) is 11.1 Å². The van der Waals surface area contributed by atoms with E-state index in [9.17, 15) is 13.2 Å². The van der Waals surface area contributed by atoms with Crippen molar-refractivity contribution in [1.82, 2.24) is 19.9 Å². The van der Waals surface area contributed by atoms with Crippen LogP contribution in [0.2, 0.25) is 0 Å². The smallest absolute Gasteiger partial charge is 0.245 e. The van der Waals surface area contributed by atoms with Gasteiger partial charge in [-0.3, -0.25) is 4.79 Å². The zero-order valence-electron chi connectivity index (χ0n) is 16.0. The lowest BCUT2D eigenvalue weighted by Crippen LogP contribution is -2.45. The quantitative estimate of drug-likeness (QED) is 0.686. The molecule has 1 amide bonds. The summed E-state index contributed by atoms with van der Waals surface area (Å²) < 4.78 is 32.4. The minimum Gasteiger partial charge on any atom is -0.352 e. The molecule has 4 rings (SSSR count). The van der Waals surface area contributed by atoms with Crippen LogP contribution in [0.15, 0.2) is 52.0 Å². The van der Waals surface area contributed by atoms with Gasteiger partial charge in [0, 0.05) is 19.6 Å². The molecule has 152 valence electrons. The lowest BCUT2D eigenvalue weighted by molar-refractivity contribution is -0.126. The van der Waals surface area contributed by atoms with Gasteiger partial charge in [0.2, 0.25) is 15.9 Å². The first kappa shape index (κ1) is 19.5. The Morgan fingerprint density at radius 3 is 2.79 bits per heavy atom.